The van der Waals surface area contributed by atoms with Crippen LogP contribution >= 0.6 is 0 Å². The summed E-state index contributed by atoms with van der Waals surface area (Å²) in [7, 11) is 0. The molecular formula is C42H54F2N6O3. The Kier molecular flexibility index (Phi) is 13.0. The molecule has 3 amide bonds. The summed E-state index contributed by atoms with van der Waals surface area (Å²) in [4.78, 5) is 50.2. The number of benzene rings is 2. The van der Waals surface area contributed by atoms with Gasteiger partial charge in [-0.1, -0.05) is 48.5 Å². The molecule has 11 heteroatoms. The lowest BCUT2D eigenvalue weighted by molar-refractivity contribution is -0.130. The van der Waals surface area contributed by atoms with Crippen molar-refractivity contribution in [2.75, 3.05) is 45.8 Å². The quantitative estimate of drug-likeness (QED) is 0.140. The molecule has 9 nitrogen and oxygen atoms in total. The zero-order chi connectivity index (χ0) is 37.4. The number of imide groups is 1. The standard InChI is InChI=1S/C42H54F2N6O3/c1-30-25-31(2)38(46-26-30)29-49(21-8-9-23-50-40(52)35-13-6-7-14-36(35)41(50)53)28-34-27-48(22-10-20-45-34)24-17-37(32-11-4-3-5-12-32)47-39(51)33-15-18-42(43,44)19-16-33/h3-7,11-14,25-26,33-34,37,45H,8-10,15-24,27-29H2,1-2H3,(H,47,51)/t34-,37+/m1/s1. The molecule has 2 aliphatic heterocycles. The van der Waals surface area contributed by atoms with Gasteiger partial charge in [0.1, 0.15) is 0 Å². The maximum Gasteiger partial charge on any atom is 0.261 e. The molecule has 3 aliphatic rings. The minimum atomic E-state index is -2.67. The van der Waals surface area contributed by atoms with Crippen molar-refractivity contribution in [3.8, 4) is 0 Å². The molecule has 0 unspecified atom stereocenters. The molecule has 2 atom stereocenters. The van der Waals surface area contributed by atoms with Gasteiger partial charge in [0.15, 0.2) is 0 Å². The number of unbranched alkanes of at least 4 members (excludes halogenated alkanes) is 1. The van der Waals surface area contributed by atoms with Crippen molar-refractivity contribution < 1.29 is 23.2 Å². The van der Waals surface area contributed by atoms with E-state index in [0.29, 0.717) is 30.6 Å². The number of aromatic nitrogens is 1. The van der Waals surface area contributed by atoms with Crippen LogP contribution in [0.25, 0.3) is 0 Å². The fourth-order valence-electron chi connectivity index (χ4n) is 8.03. The molecule has 1 aliphatic carbocycles. The summed E-state index contributed by atoms with van der Waals surface area (Å²) >= 11 is 0. The van der Waals surface area contributed by atoms with Crippen LogP contribution in [0.4, 0.5) is 8.78 Å². The first-order valence-corrected chi connectivity index (χ1v) is 19.3. The normalized spacial score (nSPS) is 20.0. The van der Waals surface area contributed by atoms with Crippen LogP contribution in [0.15, 0.2) is 66.9 Å². The molecule has 0 bridgehead atoms. The summed E-state index contributed by atoms with van der Waals surface area (Å²) in [6.07, 6.45) is 5.16. The van der Waals surface area contributed by atoms with Crippen LogP contribution in [0.2, 0.25) is 0 Å². The number of fused-ring (bicyclic) bond motifs is 1. The molecule has 0 radical (unpaired) electrons. The van der Waals surface area contributed by atoms with Crippen LogP contribution in [0.3, 0.4) is 0 Å². The number of aryl methyl sites for hydroxylation is 2. The molecule has 1 aromatic heterocycles. The summed E-state index contributed by atoms with van der Waals surface area (Å²) in [6, 6.07) is 19.2. The van der Waals surface area contributed by atoms with Crippen molar-refractivity contribution in [2.24, 2.45) is 5.92 Å². The Hall–Kier alpha value is -4.06. The molecule has 284 valence electrons. The van der Waals surface area contributed by atoms with E-state index in [-0.39, 0.29) is 61.4 Å². The average molecular weight is 729 g/mol. The second-order valence-corrected chi connectivity index (χ2v) is 15.2. The molecule has 53 heavy (non-hydrogen) atoms. The average Bonchev–Trinajstić information content (AvgIpc) is 3.25. The van der Waals surface area contributed by atoms with E-state index in [1.807, 2.05) is 36.5 Å². The zero-order valence-corrected chi connectivity index (χ0v) is 31.2. The van der Waals surface area contributed by atoms with E-state index in [9.17, 15) is 23.2 Å². The summed E-state index contributed by atoms with van der Waals surface area (Å²) in [5, 5.41) is 7.02. The number of carbonyl (C=O) groups is 3. The van der Waals surface area contributed by atoms with E-state index >= 15 is 0 Å². The number of hydrogen-bond acceptors (Lipinski definition) is 7. The van der Waals surface area contributed by atoms with Crippen molar-refractivity contribution in [2.45, 2.75) is 89.8 Å². The number of amides is 3. The first kappa shape index (κ1) is 38.7. The third-order valence-corrected chi connectivity index (χ3v) is 11.1. The fraction of sp³-hybridized carbons (Fsp3) is 0.524. The van der Waals surface area contributed by atoms with Crippen molar-refractivity contribution in [3.63, 3.8) is 0 Å². The minimum absolute atomic E-state index is 0.122. The first-order chi connectivity index (χ1) is 25.6. The van der Waals surface area contributed by atoms with Crippen molar-refractivity contribution in [1.29, 1.82) is 0 Å². The van der Waals surface area contributed by atoms with Gasteiger partial charge in [0.2, 0.25) is 11.8 Å². The smallest absolute Gasteiger partial charge is 0.261 e. The van der Waals surface area contributed by atoms with E-state index in [1.165, 1.54) is 4.90 Å². The summed E-state index contributed by atoms with van der Waals surface area (Å²) in [6.45, 7) is 10.3. The number of rotatable bonds is 15. The van der Waals surface area contributed by atoms with E-state index in [1.54, 1.807) is 24.3 Å². The molecule has 2 fully saturated rings. The lowest BCUT2D eigenvalue weighted by atomic mass is 9.86. The van der Waals surface area contributed by atoms with Crippen molar-refractivity contribution in [1.82, 2.24) is 30.3 Å². The summed E-state index contributed by atoms with van der Waals surface area (Å²) < 4.78 is 27.6. The van der Waals surface area contributed by atoms with Crippen LogP contribution in [0.1, 0.15) is 101 Å². The highest BCUT2D eigenvalue weighted by Gasteiger charge is 2.38. The Bertz CT molecular complexity index is 1680. The molecule has 1 saturated heterocycles. The Morgan fingerprint density at radius 1 is 1.00 bits per heavy atom. The number of pyridine rings is 1. The van der Waals surface area contributed by atoms with Gasteiger partial charge >= 0.3 is 0 Å². The molecule has 2 N–H and O–H groups in total. The van der Waals surface area contributed by atoms with Crippen LogP contribution < -0.4 is 10.6 Å². The Morgan fingerprint density at radius 2 is 1.70 bits per heavy atom. The highest BCUT2D eigenvalue weighted by atomic mass is 19.3. The molecular weight excluding hydrogens is 674 g/mol. The lowest BCUT2D eigenvalue weighted by Gasteiger charge is -2.32. The molecule has 0 spiro atoms. The van der Waals surface area contributed by atoms with Gasteiger partial charge in [0, 0.05) is 63.7 Å². The van der Waals surface area contributed by atoms with Gasteiger partial charge in [-0.2, -0.15) is 0 Å². The minimum Gasteiger partial charge on any atom is -0.349 e. The van der Waals surface area contributed by atoms with Crippen LogP contribution in [0.5, 0.6) is 0 Å². The highest BCUT2D eigenvalue weighted by Crippen LogP contribution is 2.36. The predicted octanol–water partition coefficient (Wildman–Crippen LogP) is 6.31. The maximum absolute atomic E-state index is 13.8. The predicted molar refractivity (Wildman–Crippen MR) is 202 cm³/mol. The number of nitrogens with one attached hydrogen (secondary N) is 2. The SMILES string of the molecule is Cc1cnc(CN(CCCCN2C(=O)c3ccccc3C2=O)C[C@H]2CN(CC[C@H](NC(=O)C3CCC(F)(F)CC3)c3ccccc3)CCCN2)c(C)c1. The zero-order valence-electron chi connectivity index (χ0n) is 31.2. The van der Waals surface area contributed by atoms with Crippen LogP contribution in [-0.4, -0.2) is 95.2 Å². The van der Waals surface area contributed by atoms with E-state index in [0.717, 1.165) is 80.9 Å². The topological polar surface area (TPSA) is 97.9 Å². The van der Waals surface area contributed by atoms with Gasteiger partial charge in [-0.25, -0.2) is 8.78 Å². The largest absolute Gasteiger partial charge is 0.349 e. The third kappa shape index (κ3) is 10.3. The highest BCUT2D eigenvalue weighted by molar-refractivity contribution is 6.21. The number of alkyl halides is 2. The van der Waals surface area contributed by atoms with Gasteiger partial charge in [-0.15, -0.1) is 0 Å². The van der Waals surface area contributed by atoms with Gasteiger partial charge in [0.25, 0.3) is 11.8 Å². The monoisotopic (exact) mass is 728 g/mol. The molecule has 3 heterocycles. The van der Waals surface area contributed by atoms with Crippen molar-refractivity contribution in [3.05, 3.63) is 100 Å². The van der Waals surface area contributed by atoms with Crippen LogP contribution in [0, 0.1) is 19.8 Å². The molecule has 2 aromatic carbocycles. The number of nitrogens with zero attached hydrogens (tertiary/aromatic N) is 4. The maximum atomic E-state index is 13.8. The van der Waals surface area contributed by atoms with E-state index < -0.39 is 5.92 Å². The number of halogens is 2. The van der Waals surface area contributed by atoms with Crippen molar-refractivity contribution >= 4 is 17.7 Å². The van der Waals surface area contributed by atoms with Crippen LogP contribution in [-0.2, 0) is 11.3 Å². The first-order valence-electron chi connectivity index (χ1n) is 19.3. The number of hydrogen-bond donors (Lipinski definition) is 2. The van der Waals surface area contributed by atoms with E-state index in [4.69, 9.17) is 4.98 Å². The molecule has 1 saturated carbocycles. The second kappa shape index (κ2) is 17.8. The third-order valence-electron chi connectivity index (χ3n) is 11.1. The molecule has 3 aromatic rings. The van der Waals surface area contributed by atoms with Gasteiger partial charge in [0.05, 0.1) is 22.9 Å². The Morgan fingerprint density at radius 3 is 2.40 bits per heavy atom. The number of carbonyl (C=O) groups excluding carboxylic acids is 3. The summed E-state index contributed by atoms with van der Waals surface area (Å²) in [5.74, 6) is -3.59. The fourth-order valence-corrected chi connectivity index (χ4v) is 8.03. The summed E-state index contributed by atoms with van der Waals surface area (Å²) in [5.41, 5.74) is 5.33. The second-order valence-electron chi connectivity index (χ2n) is 15.2. The van der Waals surface area contributed by atoms with Gasteiger partial charge < -0.3 is 15.5 Å². The van der Waals surface area contributed by atoms with Gasteiger partial charge in [-0.3, -0.25) is 29.2 Å². The Labute approximate surface area is 312 Å². The lowest BCUT2D eigenvalue weighted by Crippen LogP contribution is -2.46. The Balaban J connectivity index is 1.07. The molecule has 6 rings (SSSR count). The van der Waals surface area contributed by atoms with Gasteiger partial charge in [-0.05, 0) is 101 Å². The van der Waals surface area contributed by atoms with E-state index in [2.05, 4.69) is 40.3 Å².